The fraction of sp³-hybridized carbons (Fsp3) is 0.115. The first-order chi connectivity index (χ1) is 16.0. The molecule has 0 bridgehead atoms. The third kappa shape index (κ3) is 3.85. The number of anilines is 1. The summed E-state index contributed by atoms with van der Waals surface area (Å²) in [7, 11) is 0. The first-order valence-corrected chi connectivity index (χ1v) is 10.5. The van der Waals surface area contributed by atoms with Gasteiger partial charge in [0.1, 0.15) is 12.4 Å². The number of benzene rings is 3. The third-order valence-corrected chi connectivity index (χ3v) is 5.76. The van der Waals surface area contributed by atoms with Crippen molar-refractivity contribution in [2.24, 2.45) is 0 Å². The van der Waals surface area contributed by atoms with Gasteiger partial charge in [-0.05, 0) is 53.4 Å². The summed E-state index contributed by atoms with van der Waals surface area (Å²) >= 11 is 0. The second-order valence-electron chi connectivity index (χ2n) is 7.89. The number of hydrogen-bond donors (Lipinski definition) is 2. The predicted octanol–water partition coefficient (Wildman–Crippen LogP) is 5.24. The summed E-state index contributed by atoms with van der Waals surface area (Å²) in [4.78, 5) is 23.8. The van der Waals surface area contributed by atoms with Gasteiger partial charge in [0.15, 0.2) is 0 Å². The minimum atomic E-state index is -1.00. The highest BCUT2D eigenvalue weighted by atomic mass is 16.5. The molecule has 0 fully saturated rings. The third-order valence-electron chi connectivity index (χ3n) is 5.76. The Morgan fingerprint density at radius 2 is 1.58 bits per heavy atom. The number of amides is 1. The van der Waals surface area contributed by atoms with E-state index < -0.39 is 12.1 Å². The molecule has 3 aromatic carbocycles. The molecule has 0 radical (unpaired) electrons. The van der Waals surface area contributed by atoms with E-state index in [-0.39, 0.29) is 18.1 Å². The molecular weight excluding hydrogens is 418 g/mol. The summed E-state index contributed by atoms with van der Waals surface area (Å²) < 4.78 is 7.17. The average Bonchev–Trinajstić information content (AvgIpc) is 3.35. The maximum atomic E-state index is 12.7. The van der Waals surface area contributed by atoms with Gasteiger partial charge in [0.25, 0.3) is 0 Å². The number of nitrogens with zero attached hydrogens (tertiary/aromatic N) is 2. The summed E-state index contributed by atoms with van der Waals surface area (Å²) in [6.45, 7) is 2.02. The predicted molar refractivity (Wildman–Crippen MR) is 124 cm³/mol. The number of hydrogen-bond acceptors (Lipinski definition) is 4. The number of carboxylic acid groups (broad SMARTS) is 1. The molecule has 2 N–H and O–H groups in total. The maximum Gasteiger partial charge on any atom is 0.412 e. The molecule has 7 nitrogen and oxygen atoms in total. The van der Waals surface area contributed by atoms with Crippen LogP contribution in [0, 0.1) is 6.92 Å². The van der Waals surface area contributed by atoms with Crippen LogP contribution in [0.5, 0.6) is 0 Å². The average molecular weight is 439 g/mol. The van der Waals surface area contributed by atoms with Gasteiger partial charge < -0.3 is 9.84 Å². The first-order valence-electron chi connectivity index (χ1n) is 10.5. The summed E-state index contributed by atoms with van der Waals surface area (Å²) in [6.07, 6.45) is -0.583. The number of carbonyl (C=O) groups excluding carboxylic acids is 1. The van der Waals surface area contributed by atoms with E-state index in [9.17, 15) is 9.59 Å². The Labute approximate surface area is 190 Å². The van der Waals surface area contributed by atoms with Gasteiger partial charge in [-0.25, -0.2) is 14.3 Å². The minimum absolute atomic E-state index is 0.0293. The zero-order valence-corrected chi connectivity index (χ0v) is 17.9. The SMILES string of the molecule is Cc1cc(NC(=O)OCC2c3ccccc3-c3ccccc32)n(-c2ccc(C(=O)O)cc2)n1. The number of aromatic nitrogens is 2. The summed E-state index contributed by atoms with van der Waals surface area (Å²) in [5.74, 6) is -0.596. The maximum absolute atomic E-state index is 12.7. The van der Waals surface area contributed by atoms with E-state index in [0.717, 1.165) is 11.1 Å². The van der Waals surface area contributed by atoms with E-state index in [4.69, 9.17) is 9.84 Å². The van der Waals surface area contributed by atoms with Crippen molar-refractivity contribution >= 4 is 17.9 Å². The lowest BCUT2D eigenvalue weighted by Crippen LogP contribution is -2.19. The van der Waals surface area contributed by atoms with Gasteiger partial charge >= 0.3 is 12.1 Å². The molecule has 1 amide bonds. The monoisotopic (exact) mass is 439 g/mol. The van der Waals surface area contributed by atoms with Crippen molar-refractivity contribution in [2.45, 2.75) is 12.8 Å². The van der Waals surface area contributed by atoms with E-state index in [0.29, 0.717) is 17.2 Å². The largest absolute Gasteiger partial charge is 0.478 e. The number of rotatable bonds is 5. The van der Waals surface area contributed by atoms with Gasteiger partial charge in [-0.15, -0.1) is 0 Å². The van der Waals surface area contributed by atoms with Crippen molar-refractivity contribution in [1.29, 1.82) is 0 Å². The second kappa shape index (κ2) is 8.27. The fourth-order valence-electron chi connectivity index (χ4n) is 4.27. The number of ether oxygens (including phenoxy) is 1. The molecule has 0 atom stereocenters. The Morgan fingerprint density at radius 1 is 0.970 bits per heavy atom. The molecule has 0 saturated carbocycles. The Morgan fingerprint density at radius 3 is 2.18 bits per heavy atom. The zero-order chi connectivity index (χ0) is 22.9. The lowest BCUT2D eigenvalue weighted by Gasteiger charge is -2.15. The highest BCUT2D eigenvalue weighted by Gasteiger charge is 2.29. The quantitative estimate of drug-likeness (QED) is 0.444. The van der Waals surface area contributed by atoms with Gasteiger partial charge in [0, 0.05) is 12.0 Å². The van der Waals surface area contributed by atoms with Crippen LogP contribution in [0.2, 0.25) is 0 Å². The number of carbonyl (C=O) groups is 2. The van der Waals surface area contributed by atoms with Gasteiger partial charge in [-0.1, -0.05) is 48.5 Å². The normalized spacial score (nSPS) is 12.2. The van der Waals surface area contributed by atoms with Gasteiger partial charge in [-0.3, -0.25) is 5.32 Å². The van der Waals surface area contributed by atoms with Crippen LogP contribution < -0.4 is 5.32 Å². The zero-order valence-electron chi connectivity index (χ0n) is 17.9. The fourth-order valence-corrected chi connectivity index (χ4v) is 4.27. The lowest BCUT2D eigenvalue weighted by atomic mass is 9.98. The molecule has 33 heavy (non-hydrogen) atoms. The van der Waals surface area contributed by atoms with Crippen molar-refractivity contribution in [2.75, 3.05) is 11.9 Å². The topological polar surface area (TPSA) is 93.5 Å². The van der Waals surface area contributed by atoms with E-state index in [2.05, 4.69) is 34.7 Å². The highest BCUT2D eigenvalue weighted by molar-refractivity contribution is 5.88. The van der Waals surface area contributed by atoms with Crippen molar-refractivity contribution in [3.63, 3.8) is 0 Å². The van der Waals surface area contributed by atoms with Crippen LogP contribution in [0.4, 0.5) is 10.6 Å². The van der Waals surface area contributed by atoms with Crippen molar-refractivity contribution in [3.8, 4) is 16.8 Å². The lowest BCUT2D eigenvalue weighted by molar-refractivity contribution is 0.0697. The van der Waals surface area contributed by atoms with Crippen molar-refractivity contribution < 1.29 is 19.4 Å². The molecule has 1 aliphatic carbocycles. The molecule has 4 aromatic rings. The minimum Gasteiger partial charge on any atom is -0.478 e. The Hall–Kier alpha value is -4.39. The number of fused-ring (bicyclic) bond motifs is 3. The van der Waals surface area contributed by atoms with Crippen LogP contribution in [0.3, 0.4) is 0 Å². The van der Waals surface area contributed by atoms with Gasteiger partial charge in [0.05, 0.1) is 16.9 Å². The molecule has 1 heterocycles. The molecule has 7 heteroatoms. The van der Waals surface area contributed by atoms with Crippen LogP contribution >= 0.6 is 0 Å². The molecule has 0 unspecified atom stereocenters. The Balaban J connectivity index is 1.32. The van der Waals surface area contributed by atoms with Crippen LogP contribution in [0.1, 0.15) is 33.1 Å². The Kier molecular flexibility index (Phi) is 5.14. The summed E-state index contributed by atoms with van der Waals surface area (Å²) in [5.41, 5.74) is 6.13. The molecule has 0 spiro atoms. The number of nitrogens with one attached hydrogen (secondary N) is 1. The molecule has 0 saturated heterocycles. The molecule has 5 rings (SSSR count). The summed E-state index contributed by atoms with van der Waals surface area (Å²) in [5, 5.41) is 16.3. The first kappa shape index (κ1) is 20.5. The van der Waals surface area contributed by atoms with Crippen molar-refractivity contribution in [1.82, 2.24) is 9.78 Å². The smallest absolute Gasteiger partial charge is 0.412 e. The van der Waals surface area contributed by atoms with Gasteiger partial charge in [0.2, 0.25) is 0 Å². The molecular formula is C26H21N3O4. The van der Waals surface area contributed by atoms with E-state index >= 15 is 0 Å². The highest BCUT2D eigenvalue weighted by Crippen LogP contribution is 2.44. The Bertz CT molecular complexity index is 1310. The number of aryl methyl sites for hydroxylation is 1. The standard InChI is InChI=1S/C26H21N3O4/c1-16-14-24(29(28-16)18-12-10-17(11-13-18)25(30)31)27-26(32)33-15-23-21-8-4-2-6-19(21)20-7-3-5-9-22(20)23/h2-14,23H,15H2,1H3,(H,27,32)(H,30,31). The van der Waals surface area contributed by atoms with Crippen LogP contribution in [-0.4, -0.2) is 33.6 Å². The van der Waals surface area contributed by atoms with Crippen LogP contribution in [0.15, 0.2) is 78.9 Å². The summed E-state index contributed by atoms with van der Waals surface area (Å²) in [6, 6.07) is 24.3. The van der Waals surface area contributed by atoms with Gasteiger partial charge in [-0.2, -0.15) is 5.10 Å². The molecule has 164 valence electrons. The van der Waals surface area contributed by atoms with E-state index in [1.165, 1.54) is 23.3 Å². The van der Waals surface area contributed by atoms with Crippen LogP contribution in [-0.2, 0) is 4.74 Å². The number of aromatic carboxylic acids is 1. The second-order valence-corrected chi connectivity index (χ2v) is 7.89. The molecule has 1 aliphatic rings. The molecule has 1 aromatic heterocycles. The number of carboxylic acids is 1. The van der Waals surface area contributed by atoms with E-state index in [1.54, 1.807) is 22.9 Å². The molecule has 0 aliphatic heterocycles. The van der Waals surface area contributed by atoms with Crippen molar-refractivity contribution in [3.05, 3.63) is 101 Å². The van der Waals surface area contributed by atoms with E-state index in [1.807, 2.05) is 31.2 Å². The van der Waals surface area contributed by atoms with Crippen LogP contribution in [0.25, 0.3) is 16.8 Å².